The standard InChI is InChI=1S/C40H44B2S/c1-23-15-27(5)37(28(6)16-23)41(38-29(7)17-24(2)18-30(38)8)35-13-14-36(43-35)42(39-31(9)19-25(3)20-32(39)10)40-33(11)21-26(4)22-34(40)12/h15-22H,1-12H3. The Balaban J connectivity index is 1.78. The molecule has 1 aliphatic rings. The molecule has 0 saturated heterocycles. The average molecular weight is 578 g/mol. The van der Waals surface area contributed by atoms with Crippen LogP contribution in [-0.2, 0) is 0 Å². The summed E-state index contributed by atoms with van der Waals surface area (Å²) in [4.78, 5) is 2.49. The predicted molar refractivity (Wildman–Crippen MR) is 194 cm³/mol. The van der Waals surface area contributed by atoms with Crippen molar-refractivity contribution in [2.45, 2.75) is 83.1 Å². The van der Waals surface area contributed by atoms with Crippen LogP contribution in [-0.4, -0.2) is 13.4 Å². The van der Waals surface area contributed by atoms with Crippen molar-refractivity contribution in [3.05, 3.63) is 136 Å². The van der Waals surface area contributed by atoms with E-state index in [-0.39, 0.29) is 13.4 Å². The third kappa shape index (κ3) is 5.92. The molecule has 0 radical (unpaired) electrons. The van der Waals surface area contributed by atoms with Crippen molar-refractivity contribution in [2.75, 3.05) is 0 Å². The van der Waals surface area contributed by atoms with E-state index in [2.05, 4.69) is 143 Å². The zero-order chi connectivity index (χ0) is 31.3. The number of thioether (sulfide) groups is 1. The Morgan fingerprint density at radius 1 is 0.349 bits per heavy atom. The van der Waals surface area contributed by atoms with Gasteiger partial charge in [0.05, 0.1) is 0 Å². The molecule has 43 heavy (non-hydrogen) atoms. The van der Waals surface area contributed by atoms with E-state index in [1.807, 2.05) is 11.8 Å². The topological polar surface area (TPSA) is 0 Å². The van der Waals surface area contributed by atoms with Crippen LogP contribution in [0.25, 0.3) is 0 Å². The van der Waals surface area contributed by atoms with Gasteiger partial charge in [-0.25, -0.2) is 0 Å². The number of aryl methyl sites for hydroxylation is 12. The molecule has 5 rings (SSSR count). The van der Waals surface area contributed by atoms with Crippen LogP contribution in [0.1, 0.15) is 66.8 Å². The van der Waals surface area contributed by atoms with Crippen LogP contribution in [0, 0.1) is 83.1 Å². The van der Waals surface area contributed by atoms with Crippen molar-refractivity contribution in [1.82, 2.24) is 0 Å². The third-order valence-electron chi connectivity index (χ3n) is 9.16. The van der Waals surface area contributed by atoms with Gasteiger partial charge in [-0.3, -0.25) is 0 Å². The molecule has 0 fully saturated rings. The SMILES string of the molecule is Cc1cc(C)c(B(C2=C=C=C(B(c3c(C)cc(C)cc3C)c3c(C)cc(C)cc3C)S2)c2c(C)cc(C)cc2C)c(C)c1. The Kier molecular flexibility index (Phi) is 8.66. The van der Waals surface area contributed by atoms with Gasteiger partial charge in [-0.05, 0) is 83.1 Å². The van der Waals surface area contributed by atoms with Crippen molar-refractivity contribution in [3.8, 4) is 0 Å². The molecule has 4 aromatic carbocycles. The van der Waals surface area contributed by atoms with Gasteiger partial charge < -0.3 is 0 Å². The smallest absolute Gasteiger partial charge is 0.0991 e. The zero-order valence-electron chi connectivity index (χ0n) is 28.2. The molecule has 216 valence electrons. The summed E-state index contributed by atoms with van der Waals surface area (Å²) in [6, 6.07) is 18.7. The van der Waals surface area contributed by atoms with E-state index in [1.54, 1.807) is 0 Å². The largest absolute Gasteiger partial charge is 0.261 e. The molecular formula is C40H44B2S. The fraction of sp³-hybridized carbons (Fsp3) is 0.300. The highest BCUT2D eigenvalue weighted by molar-refractivity contribution is 8.10. The molecule has 0 unspecified atom stereocenters. The maximum absolute atomic E-state index is 3.76. The molecule has 0 aromatic heterocycles. The van der Waals surface area contributed by atoms with Crippen LogP contribution < -0.4 is 21.9 Å². The second-order valence-electron chi connectivity index (χ2n) is 13.2. The van der Waals surface area contributed by atoms with Gasteiger partial charge in [0, 0.05) is 9.61 Å². The van der Waals surface area contributed by atoms with Gasteiger partial charge >= 0.3 is 0 Å². The van der Waals surface area contributed by atoms with E-state index < -0.39 is 0 Å². The second-order valence-corrected chi connectivity index (χ2v) is 14.3. The molecule has 0 N–H and O–H groups in total. The first-order valence-corrected chi connectivity index (χ1v) is 16.3. The summed E-state index contributed by atoms with van der Waals surface area (Å²) in [6.45, 7) is 27.2. The summed E-state index contributed by atoms with van der Waals surface area (Å²) in [5.74, 6) is 0. The maximum Gasteiger partial charge on any atom is 0.261 e. The molecule has 1 heterocycles. The van der Waals surface area contributed by atoms with Gasteiger partial charge in [0.1, 0.15) is 0 Å². The van der Waals surface area contributed by atoms with Crippen molar-refractivity contribution < 1.29 is 0 Å². The first-order chi connectivity index (χ1) is 20.3. The predicted octanol–water partition coefficient (Wildman–Crippen LogP) is 7.65. The fourth-order valence-corrected chi connectivity index (χ4v) is 9.10. The van der Waals surface area contributed by atoms with Crippen LogP contribution in [0.15, 0.2) is 69.6 Å². The lowest BCUT2D eigenvalue weighted by molar-refractivity contribution is 1.34. The molecule has 3 heteroatoms. The monoisotopic (exact) mass is 578 g/mol. The Labute approximate surface area is 265 Å². The van der Waals surface area contributed by atoms with Gasteiger partial charge in [-0.1, -0.05) is 160 Å². The van der Waals surface area contributed by atoms with Crippen molar-refractivity contribution in [2.24, 2.45) is 0 Å². The van der Waals surface area contributed by atoms with Crippen LogP contribution in [0.4, 0.5) is 0 Å². The number of benzene rings is 4. The molecule has 0 nitrogen and oxygen atoms in total. The molecule has 0 amide bonds. The third-order valence-corrected chi connectivity index (χ3v) is 10.3. The minimum Gasteiger partial charge on any atom is -0.0991 e. The van der Waals surface area contributed by atoms with Crippen LogP contribution in [0.3, 0.4) is 0 Å². The van der Waals surface area contributed by atoms with Gasteiger partial charge in [-0.15, -0.1) is 0 Å². The summed E-state index contributed by atoms with van der Waals surface area (Å²) in [5.41, 5.74) is 29.1. The van der Waals surface area contributed by atoms with E-state index in [0.29, 0.717) is 0 Å². The Bertz CT molecular complexity index is 1550. The van der Waals surface area contributed by atoms with E-state index in [0.717, 1.165) is 0 Å². The fourth-order valence-electron chi connectivity index (χ4n) is 7.95. The van der Waals surface area contributed by atoms with Crippen LogP contribution in [0.5, 0.6) is 0 Å². The Morgan fingerprint density at radius 3 is 0.721 bits per heavy atom. The normalized spacial score (nSPS) is 12.5. The highest BCUT2D eigenvalue weighted by Crippen LogP contribution is 2.34. The summed E-state index contributed by atoms with van der Waals surface area (Å²) in [6.07, 6.45) is 0. The lowest BCUT2D eigenvalue weighted by Crippen LogP contribution is -2.50. The van der Waals surface area contributed by atoms with Gasteiger partial charge in [0.15, 0.2) is 0 Å². The minimum absolute atomic E-state index is 0.109. The maximum atomic E-state index is 3.76. The molecule has 4 aromatic rings. The van der Waals surface area contributed by atoms with Crippen molar-refractivity contribution in [3.63, 3.8) is 0 Å². The lowest BCUT2D eigenvalue weighted by atomic mass is 9.37. The first kappa shape index (κ1) is 31.1. The summed E-state index contributed by atoms with van der Waals surface area (Å²) < 4.78 is 0. The van der Waals surface area contributed by atoms with Gasteiger partial charge in [0.25, 0.3) is 13.4 Å². The Morgan fingerprint density at radius 2 is 0.535 bits per heavy atom. The Hall–Kier alpha value is -3.34. The second kappa shape index (κ2) is 12.0. The highest BCUT2D eigenvalue weighted by atomic mass is 32.2. The van der Waals surface area contributed by atoms with Crippen LogP contribution in [0.2, 0.25) is 0 Å². The molecule has 0 saturated carbocycles. The number of hydrogen-bond donors (Lipinski definition) is 0. The number of hydrogen-bond acceptors (Lipinski definition) is 1. The van der Waals surface area contributed by atoms with Gasteiger partial charge in [-0.2, -0.15) is 0 Å². The quantitative estimate of drug-likeness (QED) is 0.167. The van der Waals surface area contributed by atoms with Gasteiger partial charge in [0.2, 0.25) is 0 Å². The zero-order valence-corrected chi connectivity index (χ0v) is 29.0. The van der Waals surface area contributed by atoms with Crippen molar-refractivity contribution >= 4 is 47.0 Å². The van der Waals surface area contributed by atoms with Crippen molar-refractivity contribution in [1.29, 1.82) is 0 Å². The molecule has 0 atom stereocenters. The molecule has 0 bridgehead atoms. The van der Waals surface area contributed by atoms with E-state index in [9.17, 15) is 0 Å². The molecule has 0 aliphatic carbocycles. The summed E-state index contributed by atoms with van der Waals surface area (Å²) >= 11 is 1.90. The molecular weight excluding hydrogens is 534 g/mol. The first-order valence-electron chi connectivity index (χ1n) is 15.5. The summed E-state index contributed by atoms with van der Waals surface area (Å²) in [5, 5.41) is 0. The molecule has 0 spiro atoms. The van der Waals surface area contributed by atoms with E-state index >= 15 is 0 Å². The number of rotatable bonds is 6. The molecule has 1 aliphatic heterocycles. The summed E-state index contributed by atoms with van der Waals surface area (Å²) in [7, 11) is 0. The van der Waals surface area contributed by atoms with E-state index in [4.69, 9.17) is 0 Å². The van der Waals surface area contributed by atoms with Crippen LogP contribution >= 0.6 is 11.8 Å². The van der Waals surface area contributed by atoms with E-state index in [1.165, 1.54) is 98.2 Å². The lowest BCUT2D eigenvalue weighted by Gasteiger charge is -2.27. The minimum atomic E-state index is 0.109. The average Bonchev–Trinajstić information content (AvgIpc) is 3.34. The highest BCUT2D eigenvalue weighted by Gasteiger charge is 2.37.